The maximum absolute atomic E-state index is 11.8. The molecule has 2 heterocycles. The Hall–Kier alpha value is -1.79. The minimum atomic E-state index is -0.180. The quantitative estimate of drug-likeness (QED) is 0.215. The zero-order valence-electron chi connectivity index (χ0n) is 19.2. The van der Waals surface area contributed by atoms with E-state index < -0.39 is 0 Å². The fourth-order valence-electron chi connectivity index (χ4n) is 3.76. The van der Waals surface area contributed by atoms with Gasteiger partial charge in [-0.2, -0.15) is 0 Å². The Labute approximate surface area is 193 Å². The molecule has 0 spiro atoms. The molecule has 0 saturated heterocycles. The molecule has 0 amide bonds. The van der Waals surface area contributed by atoms with Gasteiger partial charge in [0.25, 0.3) is 0 Å². The van der Waals surface area contributed by atoms with E-state index in [1.165, 1.54) is 40.7 Å². The second kappa shape index (κ2) is 11.2. The number of thiazole rings is 1. The minimum absolute atomic E-state index is 0.180. The van der Waals surface area contributed by atoms with Crippen LogP contribution in [0.15, 0.2) is 27.0 Å². The summed E-state index contributed by atoms with van der Waals surface area (Å²) in [5.41, 5.74) is 4.29. The van der Waals surface area contributed by atoms with Crippen molar-refractivity contribution in [1.29, 1.82) is 0 Å². The molecule has 1 aromatic carbocycles. The minimum Gasteiger partial charge on any atom is -0.460 e. The molecule has 4 nitrogen and oxygen atoms in total. The van der Waals surface area contributed by atoms with Crippen molar-refractivity contribution in [3.8, 4) is 5.06 Å². The number of hydrogen-bond donors (Lipinski definition) is 0. The van der Waals surface area contributed by atoms with Gasteiger partial charge in [-0.3, -0.25) is 4.79 Å². The van der Waals surface area contributed by atoms with Gasteiger partial charge in [0.2, 0.25) is 5.06 Å². The number of aryl methyl sites for hydroxylation is 3. The van der Waals surface area contributed by atoms with Gasteiger partial charge in [-0.1, -0.05) is 61.9 Å². The SMILES string of the molecule is CCCCC(CCSc1nc(C)c(OC(=O)CCC)s1)c1oc2cc(C)ccc2c1C. The topological polar surface area (TPSA) is 52.3 Å². The van der Waals surface area contributed by atoms with Crippen LogP contribution in [0.1, 0.15) is 80.9 Å². The van der Waals surface area contributed by atoms with Gasteiger partial charge in [0.05, 0.1) is 5.69 Å². The lowest BCUT2D eigenvalue weighted by molar-refractivity contribution is -0.134. The number of esters is 1. The van der Waals surface area contributed by atoms with E-state index in [0.717, 1.165) is 46.4 Å². The van der Waals surface area contributed by atoms with E-state index in [-0.39, 0.29) is 5.97 Å². The number of aromatic nitrogens is 1. The first-order valence-electron chi connectivity index (χ1n) is 11.2. The summed E-state index contributed by atoms with van der Waals surface area (Å²) in [5, 5.41) is 1.86. The van der Waals surface area contributed by atoms with E-state index >= 15 is 0 Å². The van der Waals surface area contributed by atoms with Crippen LogP contribution in [0, 0.1) is 20.8 Å². The van der Waals surface area contributed by atoms with Gasteiger partial charge in [0.1, 0.15) is 11.3 Å². The normalized spacial score (nSPS) is 12.4. The number of thioether (sulfide) groups is 1. The molecule has 0 N–H and O–H groups in total. The maximum Gasteiger partial charge on any atom is 0.312 e. The van der Waals surface area contributed by atoms with E-state index in [0.29, 0.717) is 17.4 Å². The monoisotopic (exact) mass is 459 g/mol. The largest absolute Gasteiger partial charge is 0.460 e. The molecule has 0 aliphatic carbocycles. The van der Waals surface area contributed by atoms with Crippen molar-refractivity contribution in [3.05, 3.63) is 40.8 Å². The van der Waals surface area contributed by atoms with Crippen LogP contribution in [0.4, 0.5) is 0 Å². The van der Waals surface area contributed by atoms with Crippen molar-refractivity contribution in [2.24, 2.45) is 0 Å². The van der Waals surface area contributed by atoms with Gasteiger partial charge in [0.15, 0.2) is 4.34 Å². The van der Waals surface area contributed by atoms with E-state index in [1.54, 1.807) is 11.8 Å². The molecule has 0 aliphatic rings. The van der Waals surface area contributed by atoms with Crippen LogP contribution in [-0.2, 0) is 4.79 Å². The van der Waals surface area contributed by atoms with E-state index in [9.17, 15) is 4.79 Å². The summed E-state index contributed by atoms with van der Waals surface area (Å²) in [7, 11) is 0. The number of hydrogen-bond acceptors (Lipinski definition) is 6. The molecule has 168 valence electrons. The molecule has 2 aromatic heterocycles. The van der Waals surface area contributed by atoms with Crippen LogP contribution in [0.2, 0.25) is 0 Å². The average Bonchev–Trinajstić information content (AvgIpc) is 3.23. The number of unbranched alkanes of at least 4 members (excludes halogenated alkanes) is 1. The number of ether oxygens (including phenoxy) is 1. The second-order valence-electron chi connectivity index (χ2n) is 8.14. The number of nitrogens with zero attached hydrogens (tertiary/aromatic N) is 1. The van der Waals surface area contributed by atoms with Crippen LogP contribution in [0.5, 0.6) is 5.06 Å². The number of carbonyl (C=O) groups is 1. The molecular weight excluding hydrogens is 426 g/mol. The molecule has 0 fully saturated rings. The number of furan rings is 1. The zero-order chi connectivity index (χ0) is 22.4. The molecule has 1 unspecified atom stereocenters. The van der Waals surface area contributed by atoms with Gasteiger partial charge in [0, 0.05) is 23.5 Å². The predicted molar refractivity (Wildman–Crippen MR) is 131 cm³/mol. The maximum atomic E-state index is 11.8. The molecule has 0 aliphatic heterocycles. The van der Waals surface area contributed by atoms with E-state index in [2.05, 4.69) is 44.0 Å². The second-order valence-corrected chi connectivity index (χ2v) is 10.4. The van der Waals surface area contributed by atoms with Crippen molar-refractivity contribution in [3.63, 3.8) is 0 Å². The molecule has 0 radical (unpaired) electrons. The Morgan fingerprint density at radius 3 is 2.74 bits per heavy atom. The fourth-order valence-corrected chi connectivity index (χ4v) is 5.92. The van der Waals surface area contributed by atoms with Crippen LogP contribution in [-0.4, -0.2) is 16.7 Å². The fraction of sp³-hybridized carbons (Fsp3) is 0.520. The summed E-state index contributed by atoms with van der Waals surface area (Å²) < 4.78 is 12.8. The van der Waals surface area contributed by atoms with Crippen molar-refractivity contribution >= 4 is 40.0 Å². The Kier molecular flexibility index (Phi) is 8.61. The molecule has 1 atom stereocenters. The summed E-state index contributed by atoms with van der Waals surface area (Å²) in [6, 6.07) is 6.47. The van der Waals surface area contributed by atoms with Crippen molar-refractivity contribution in [1.82, 2.24) is 4.98 Å². The highest BCUT2D eigenvalue weighted by Crippen LogP contribution is 2.38. The Morgan fingerprint density at radius 1 is 1.19 bits per heavy atom. The average molecular weight is 460 g/mol. The first-order chi connectivity index (χ1) is 14.9. The number of benzene rings is 1. The summed E-state index contributed by atoms with van der Waals surface area (Å²) in [6.07, 6.45) is 5.77. The number of fused-ring (bicyclic) bond motifs is 1. The lowest BCUT2D eigenvalue weighted by Crippen LogP contribution is -2.06. The molecule has 0 bridgehead atoms. The zero-order valence-corrected chi connectivity index (χ0v) is 20.9. The van der Waals surface area contributed by atoms with Crippen molar-refractivity contribution < 1.29 is 13.9 Å². The van der Waals surface area contributed by atoms with Gasteiger partial charge < -0.3 is 9.15 Å². The summed E-state index contributed by atoms with van der Waals surface area (Å²) >= 11 is 3.21. The van der Waals surface area contributed by atoms with Gasteiger partial charge in [-0.05, 0) is 57.2 Å². The summed E-state index contributed by atoms with van der Waals surface area (Å²) in [4.78, 5) is 16.4. The Balaban J connectivity index is 1.68. The van der Waals surface area contributed by atoms with Gasteiger partial charge in [-0.25, -0.2) is 4.98 Å². The lowest BCUT2D eigenvalue weighted by atomic mass is 9.93. The summed E-state index contributed by atoms with van der Waals surface area (Å²) in [5.74, 6) is 2.32. The predicted octanol–water partition coefficient (Wildman–Crippen LogP) is 7.98. The van der Waals surface area contributed by atoms with E-state index in [4.69, 9.17) is 9.15 Å². The van der Waals surface area contributed by atoms with Crippen molar-refractivity contribution in [2.75, 3.05) is 5.75 Å². The van der Waals surface area contributed by atoms with Crippen LogP contribution >= 0.6 is 23.1 Å². The number of rotatable bonds is 11. The highest BCUT2D eigenvalue weighted by Gasteiger charge is 2.21. The van der Waals surface area contributed by atoms with E-state index in [1.807, 2.05) is 13.8 Å². The van der Waals surface area contributed by atoms with Gasteiger partial charge in [-0.15, -0.1) is 0 Å². The third-order valence-corrected chi connectivity index (χ3v) is 7.71. The standard InChI is InChI=1S/C25H33NO3S2/c1-6-8-10-19(23-17(4)20-12-11-16(3)15-21(20)28-23)13-14-30-25-26-18(5)24(31-25)29-22(27)9-7-2/h11-12,15,19H,6-10,13-14H2,1-5H3. The smallest absolute Gasteiger partial charge is 0.312 e. The molecule has 3 rings (SSSR count). The van der Waals surface area contributed by atoms with Gasteiger partial charge >= 0.3 is 5.97 Å². The first kappa shape index (κ1) is 23.9. The Morgan fingerprint density at radius 2 is 2.00 bits per heavy atom. The highest BCUT2D eigenvalue weighted by atomic mass is 32.2. The van der Waals surface area contributed by atoms with Crippen LogP contribution in [0.3, 0.4) is 0 Å². The summed E-state index contributed by atoms with van der Waals surface area (Å²) in [6.45, 7) is 10.4. The lowest BCUT2D eigenvalue weighted by Gasteiger charge is -2.15. The Bertz CT molecular complexity index is 1020. The molecule has 0 saturated carbocycles. The molecular formula is C25H33NO3S2. The van der Waals surface area contributed by atoms with Crippen LogP contribution < -0.4 is 4.74 Å². The van der Waals surface area contributed by atoms with Crippen molar-refractivity contribution in [2.45, 2.75) is 83.4 Å². The highest BCUT2D eigenvalue weighted by molar-refractivity contribution is 8.01. The molecule has 31 heavy (non-hydrogen) atoms. The third-order valence-electron chi connectivity index (χ3n) is 5.49. The number of carbonyl (C=O) groups excluding carboxylic acids is 1. The molecule has 3 aromatic rings. The first-order valence-corrected chi connectivity index (χ1v) is 13.0. The third kappa shape index (κ3) is 6.13. The molecule has 6 heteroatoms. The van der Waals surface area contributed by atoms with Crippen LogP contribution in [0.25, 0.3) is 11.0 Å².